The zero-order valence-corrected chi connectivity index (χ0v) is 19.1. The molecule has 166 valence electrons. The van der Waals surface area contributed by atoms with E-state index in [-0.39, 0.29) is 12.3 Å². The molecule has 2 aromatic carbocycles. The number of esters is 1. The van der Waals surface area contributed by atoms with Crippen LogP contribution in [0.2, 0.25) is 0 Å². The minimum atomic E-state index is -0.912. The molecule has 1 amide bonds. The van der Waals surface area contributed by atoms with E-state index in [9.17, 15) is 9.59 Å². The van der Waals surface area contributed by atoms with E-state index in [4.69, 9.17) is 10.1 Å². The number of thiazole rings is 1. The van der Waals surface area contributed by atoms with Gasteiger partial charge < -0.3 is 15.0 Å². The summed E-state index contributed by atoms with van der Waals surface area (Å²) in [7, 11) is 3.95. The molecule has 0 saturated heterocycles. The first kappa shape index (κ1) is 23.1. The summed E-state index contributed by atoms with van der Waals surface area (Å²) in [6.45, 7) is 1.81. The van der Waals surface area contributed by atoms with Crippen molar-refractivity contribution in [2.75, 3.05) is 24.3 Å². The van der Waals surface area contributed by atoms with Gasteiger partial charge in [0.25, 0.3) is 0 Å². The molecule has 0 fully saturated rings. The molecule has 3 aromatic rings. The van der Waals surface area contributed by atoms with Crippen molar-refractivity contribution in [1.82, 2.24) is 4.98 Å². The first-order chi connectivity index (χ1) is 15.4. The van der Waals surface area contributed by atoms with E-state index >= 15 is 0 Å². The van der Waals surface area contributed by atoms with Crippen LogP contribution in [-0.2, 0) is 20.9 Å². The van der Waals surface area contributed by atoms with Crippen molar-refractivity contribution >= 4 is 39.7 Å². The molecule has 32 heavy (non-hydrogen) atoms. The van der Waals surface area contributed by atoms with E-state index in [1.165, 1.54) is 11.3 Å². The van der Waals surface area contributed by atoms with Gasteiger partial charge in [0.2, 0.25) is 5.91 Å². The molecule has 0 aliphatic heterocycles. The highest BCUT2D eigenvalue weighted by molar-refractivity contribution is 7.14. The third-order valence-electron chi connectivity index (χ3n) is 4.92. The smallest absolute Gasteiger partial charge is 0.353 e. The number of carbonyl (C=O) groups is 2. The van der Waals surface area contributed by atoms with Gasteiger partial charge in [-0.25, -0.2) is 9.78 Å². The molecule has 7 nitrogen and oxygen atoms in total. The van der Waals surface area contributed by atoms with Crippen LogP contribution < -0.4 is 10.2 Å². The molecule has 2 N–H and O–H groups in total. The van der Waals surface area contributed by atoms with Crippen molar-refractivity contribution in [1.29, 1.82) is 5.41 Å². The maximum Gasteiger partial charge on any atom is 0.353 e. The highest BCUT2D eigenvalue weighted by Crippen LogP contribution is 2.27. The Morgan fingerprint density at radius 2 is 1.81 bits per heavy atom. The standard InChI is InChI=1S/C24H26N4O3S/c1-4-19(21(25)23(30)31-14-16-8-6-5-7-9-16)22(29)27-24-26-20(15-32-24)17-10-12-18(13-11-17)28(2)3/h5-13,15,19,25H,4,14H2,1-3H3,(H,26,27,29). The summed E-state index contributed by atoms with van der Waals surface area (Å²) in [5, 5.41) is 13.2. The number of benzene rings is 2. The Morgan fingerprint density at radius 1 is 1.12 bits per heavy atom. The number of ether oxygens (including phenoxy) is 1. The van der Waals surface area contributed by atoms with Crippen LogP contribution in [0.3, 0.4) is 0 Å². The Kier molecular flexibility index (Phi) is 7.72. The van der Waals surface area contributed by atoms with Crippen LogP contribution >= 0.6 is 11.3 Å². The average Bonchev–Trinajstić information content (AvgIpc) is 3.27. The highest BCUT2D eigenvalue weighted by atomic mass is 32.1. The van der Waals surface area contributed by atoms with Gasteiger partial charge in [-0.15, -0.1) is 11.3 Å². The van der Waals surface area contributed by atoms with Crippen LogP contribution in [0.4, 0.5) is 10.8 Å². The van der Waals surface area contributed by atoms with Crippen molar-refractivity contribution in [2.24, 2.45) is 5.92 Å². The third kappa shape index (κ3) is 5.79. The monoisotopic (exact) mass is 450 g/mol. The summed E-state index contributed by atoms with van der Waals surface area (Å²) < 4.78 is 5.20. The minimum Gasteiger partial charge on any atom is -0.456 e. The second-order valence-corrected chi connectivity index (χ2v) is 8.26. The average molecular weight is 451 g/mol. The molecule has 3 rings (SSSR count). The topological polar surface area (TPSA) is 95.4 Å². The van der Waals surface area contributed by atoms with Crippen LogP contribution in [0.5, 0.6) is 0 Å². The molecule has 1 atom stereocenters. The maximum absolute atomic E-state index is 12.7. The first-order valence-electron chi connectivity index (χ1n) is 10.2. The minimum absolute atomic E-state index is 0.0581. The predicted octanol–water partition coefficient (Wildman–Crippen LogP) is 4.60. The molecule has 0 aliphatic carbocycles. The molecular weight excluding hydrogens is 424 g/mol. The van der Waals surface area contributed by atoms with Gasteiger partial charge in [-0.05, 0) is 24.1 Å². The molecule has 1 heterocycles. The van der Waals surface area contributed by atoms with Gasteiger partial charge in [-0.1, -0.05) is 49.4 Å². The molecule has 0 saturated carbocycles. The van der Waals surface area contributed by atoms with E-state index in [0.29, 0.717) is 11.6 Å². The van der Waals surface area contributed by atoms with Gasteiger partial charge in [-0.2, -0.15) is 0 Å². The lowest BCUT2D eigenvalue weighted by molar-refractivity contribution is -0.137. The number of aromatic nitrogens is 1. The molecule has 0 aliphatic rings. The van der Waals surface area contributed by atoms with E-state index in [0.717, 1.165) is 22.5 Å². The number of carbonyl (C=O) groups excluding carboxylic acids is 2. The van der Waals surface area contributed by atoms with Gasteiger partial charge in [0.15, 0.2) is 5.13 Å². The summed E-state index contributed by atoms with van der Waals surface area (Å²) in [6.07, 6.45) is 0.301. The fraction of sp³-hybridized carbons (Fsp3) is 0.250. The van der Waals surface area contributed by atoms with Gasteiger partial charge in [0.05, 0.1) is 11.6 Å². The van der Waals surface area contributed by atoms with E-state index in [1.807, 2.05) is 79.0 Å². The summed E-state index contributed by atoms with van der Waals surface area (Å²) >= 11 is 1.30. The number of nitrogens with zero attached hydrogens (tertiary/aromatic N) is 2. The van der Waals surface area contributed by atoms with Gasteiger partial charge in [0.1, 0.15) is 12.3 Å². The zero-order valence-electron chi connectivity index (χ0n) is 18.3. The van der Waals surface area contributed by atoms with Crippen molar-refractivity contribution in [3.63, 3.8) is 0 Å². The molecule has 1 unspecified atom stereocenters. The first-order valence-corrected chi connectivity index (χ1v) is 11.1. The van der Waals surface area contributed by atoms with Gasteiger partial charge >= 0.3 is 5.97 Å². The number of hydrogen-bond acceptors (Lipinski definition) is 7. The summed E-state index contributed by atoms with van der Waals surface area (Å²) in [4.78, 5) is 31.5. The van der Waals surface area contributed by atoms with Gasteiger partial charge in [0, 0.05) is 30.7 Å². The molecule has 0 radical (unpaired) electrons. The summed E-state index contributed by atoms with van der Waals surface area (Å²) in [5.74, 6) is -2.15. The Labute approximate surface area is 191 Å². The van der Waals surface area contributed by atoms with Gasteiger partial charge in [-0.3, -0.25) is 10.2 Å². The van der Waals surface area contributed by atoms with Crippen LogP contribution in [0.1, 0.15) is 18.9 Å². The third-order valence-corrected chi connectivity index (χ3v) is 5.68. The Morgan fingerprint density at radius 3 is 2.44 bits per heavy atom. The van der Waals surface area contributed by atoms with Crippen molar-refractivity contribution in [2.45, 2.75) is 20.0 Å². The van der Waals surface area contributed by atoms with E-state index < -0.39 is 17.8 Å². The number of rotatable bonds is 9. The molecule has 0 spiro atoms. The predicted molar refractivity (Wildman–Crippen MR) is 128 cm³/mol. The van der Waals surface area contributed by atoms with Crippen molar-refractivity contribution in [3.05, 3.63) is 65.5 Å². The van der Waals surface area contributed by atoms with Crippen molar-refractivity contribution in [3.8, 4) is 11.3 Å². The van der Waals surface area contributed by atoms with Crippen LogP contribution in [0, 0.1) is 11.3 Å². The number of nitrogens with one attached hydrogen (secondary N) is 2. The fourth-order valence-corrected chi connectivity index (χ4v) is 3.77. The summed E-state index contributed by atoms with van der Waals surface area (Å²) in [6, 6.07) is 17.2. The molecule has 8 heteroatoms. The van der Waals surface area contributed by atoms with Crippen LogP contribution in [0.15, 0.2) is 60.0 Å². The quantitative estimate of drug-likeness (QED) is 0.367. The Bertz CT molecular complexity index is 1080. The number of amides is 1. The maximum atomic E-state index is 12.7. The largest absolute Gasteiger partial charge is 0.456 e. The Hall–Kier alpha value is -3.52. The normalized spacial score (nSPS) is 11.5. The van der Waals surface area contributed by atoms with Crippen LogP contribution in [0.25, 0.3) is 11.3 Å². The molecule has 1 aromatic heterocycles. The van der Waals surface area contributed by atoms with E-state index in [1.54, 1.807) is 6.92 Å². The number of anilines is 2. The lowest BCUT2D eigenvalue weighted by Crippen LogP contribution is -2.34. The second kappa shape index (κ2) is 10.7. The zero-order chi connectivity index (χ0) is 23.1. The van der Waals surface area contributed by atoms with E-state index in [2.05, 4.69) is 10.3 Å². The van der Waals surface area contributed by atoms with Crippen molar-refractivity contribution < 1.29 is 14.3 Å². The lowest BCUT2D eigenvalue weighted by atomic mass is 9.99. The highest BCUT2D eigenvalue weighted by Gasteiger charge is 2.28. The molecular formula is C24H26N4O3S. The second-order valence-electron chi connectivity index (χ2n) is 7.40. The lowest BCUT2D eigenvalue weighted by Gasteiger charge is -2.14. The SMILES string of the molecule is CCC(C(=N)C(=O)OCc1ccccc1)C(=O)Nc1nc(-c2ccc(N(C)C)cc2)cs1. The summed E-state index contributed by atoms with van der Waals surface area (Å²) in [5.41, 5.74) is 3.23. The molecule has 0 bridgehead atoms. The number of hydrogen-bond donors (Lipinski definition) is 2. The Balaban J connectivity index is 1.61. The fourth-order valence-electron chi connectivity index (χ4n) is 3.05. The van der Waals surface area contributed by atoms with Crippen LogP contribution in [-0.4, -0.2) is 36.7 Å².